The second-order valence-corrected chi connectivity index (χ2v) is 7.18. The first kappa shape index (κ1) is 15.7. The quantitative estimate of drug-likeness (QED) is 0.914. The van der Waals surface area contributed by atoms with E-state index in [-0.39, 0.29) is 10.8 Å². The second kappa shape index (κ2) is 6.13. The van der Waals surface area contributed by atoms with Crippen LogP contribution in [0.1, 0.15) is 0 Å². The number of aromatic nitrogens is 1. The van der Waals surface area contributed by atoms with Crippen LogP contribution in [0.25, 0.3) is 0 Å². The Bertz CT molecular complexity index is 770. The molecule has 0 aliphatic carbocycles. The van der Waals surface area contributed by atoms with Crippen molar-refractivity contribution in [3.63, 3.8) is 0 Å². The number of benzene rings is 1. The number of anilines is 2. The third kappa shape index (κ3) is 3.27. The average Bonchev–Trinajstić information content (AvgIpc) is 2.56. The molecule has 2 N–H and O–H groups in total. The van der Waals surface area contributed by atoms with Gasteiger partial charge in [-0.25, -0.2) is 17.8 Å². The fraction of sp³-hybridized carbons (Fsp3) is 0.267. The SMILES string of the molecule is Nc1ccc(S(=O)(=O)N2CCN(c3ccc(F)cc3)CC2)nc1. The lowest BCUT2D eigenvalue weighted by atomic mass is 10.2. The Hall–Kier alpha value is -2.19. The number of nitrogens with two attached hydrogens (primary N) is 1. The van der Waals surface area contributed by atoms with Crippen molar-refractivity contribution in [3.05, 3.63) is 48.4 Å². The zero-order chi connectivity index (χ0) is 16.4. The van der Waals surface area contributed by atoms with Crippen LogP contribution in [0.2, 0.25) is 0 Å². The van der Waals surface area contributed by atoms with Gasteiger partial charge in [-0.1, -0.05) is 0 Å². The molecule has 1 aromatic heterocycles. The number of halogens is 1. The number of sulfonamides is 1. The Morgan fingerprint density at radius 3 is 2.22 bits per heavy atom. The lowest BCUT2D eigenvalue weighted by Gasteiger charge is -2.35. The highest BCUT2D eigenvalue weighted by molar-refractivity contribution is 7.89. The standard InChI is InChI=1S/C15H17FN4O2S/c16-12-1-4-14(5-2-12)19-7-9-20(10-8-19)23(21,22)15-6-3-13(17)11-18-15/h1-6,11H,7-10,17H2. The van der Waals surface area contributed by atoms with Crippen LogP contribution in [0.4, 0.5) is 15.8 Å². The van der Waals surface area contributed by atoms with Crippen molar-refractivity contribution < 1.29 is 12.8 Å². The smallest absolute Gasteiger partial charge is 0.260 e. The molecule has 1 aliphatic heterocycles. The maximum atomic E-state index is 13.0. The van der Waals surface area contributed by atoms with Crippen molar-refractivity contribution in [2.45, 2.75) is 5.03 Å². The summed E-state index contributed by atoms with van der Waals surface area (Å²) in [5.74, 6) is -0.288. The predicted molar refractivity (Wildman–Crippen MR) is 86.0 cm³/mol. The molecule has 23 heavy (non-hydrogen) atoms. The largest absolute Gasteiger partial charge is 0.397 e. The summed E-state index contributed by atoms with van der Waals surface area (Å²) in [6.45, 7) is 1.79. The van der Waals surface area contributed by atoms with Crippen LogP contribution >= 0.6 is 0 Å². The highest BCUT2D eigenvalue weighted by atomic mass is 32.2. The third-order valence-electron chi connectivity index (χ3n) is 3.79. The van der Waals surface area contributed by atoms with Crippen LogP contribution in [0.3, 0.4) is 0 Å². The molecule has 1 saturated heterocycles. The molecule has 2 heterocycles. The zero-order valence-electron chi connectivity index (χ0n) is 12.4. The Kier molecular flexibility index (Phi) is 4.18. The number of nitrogens with zero attached hydrogens (tertiary/aromatic N) is 3. The molecule has 122 valence electrons. The summed E-state index contributed by atoms with van der Waals surface area (Å²) in [5, 5.41) is 0.00179. The average molecular weight is 336 g/mol. The van der Waals surface area contributed by atoms with Gasteiger partial charge in [-0.2, -0.15) is 4.31 Å². The van der Waals surface area contributed by atoms with Crippen molar-refractivity contribution in [1.29, 1.82) is 0 Å². The first-order chi connectivity index (χ1) is 11.0. The Labute approximate surface area is 134 Å². The summed E-state index contributed by atoms with van der Waals surface area (Å²) in [6, 6.07) is 9.13. The molecule has 3 rings (SSSR count). The minimum Gasteiger partial charge on any atom is -0.397 e. The van der Waals surface area contributed by atoms with E-state index >= 15 is 0 Å². The molecule has 6 nitrogen and oxygen atoms in total. The van der Waals surface area contributed by atoms with Gasteiger partial charge in [-0.05, 0) is 36.4 Å². The number of nitrogen functional groups attached to an aromatic ring is 1. The molecular weight excluding hydrogens is 319 g/mol. The molecule has 2 aromatic rings. The zero-order valence-corrected chi connectivity index (χ0v) is 13.2. The molecule has 0 atom stereocenters. The van der Waals surface area contributed by atoms with Crippen molar-refractivity contribution in [3.8, 4) is 0 Å². The van der Waals surface area contributed by atoms with Crippen LogP contribution < -0.4 is 10.6 Å². The van der Waals surface area contributed by atoms with Crippen LogP contribution in [0.15, 0.2) is 47.6 Å². The third-order valence-corrected chi connectivity index (χ3v) is 5.61. The number of piperazine rings is 1. The van der Waals surface area contributed by atoms with Crippen LogP contribution in [-0.4, -0.2) is 43.9 Å². The first-order valence-corrected chi connectivity index (χ1v) is 8.63. The molecule has 0 radical (unpaired) electrons. The van der Waals surface area contributed by atoms with E-state index < -0.39 is 10.0 Å². The van der Waals surface area contributed by atoms with Crippen LogP contribution in [0.5, 0.6) is 0 Å². The normalized spacial score (nSPS) is 16.5. The van der Waals surface area contributed by atoms with E-state index in [4.69, 9.17) is 5.73 Å². The van der Waals surface area contributed by atoms with Crippen LogP contribution in [0, 0.1) is 5.82 Å². The topological polar surface area (TPSA) is 79.5 Å². The van der Waals surface area contributed by atoms with Gasteiger partial charge in [0.25, 0.3) is 10.0 Å². The van der Waals surface area contributed by atoms with Crippen molar-refractivity contribution in [1.82, 2.24) is 9.29 Å². The maximum absolute atomic E-state index is 13.0. The molecule has 1 aliphatic rings. The van der Waals surface area contributed by atoms with E-state index in [0.717, 1.165) is 5.69 Å². The Morgan fingerprint density at radius 1 is 1.00 bits per heavy atom. The van der Waals surface area contributed by atoms with Gasteiger partial charge in [0.15, 0.2) is 5.03 Å². The molecule has 0 bridgehead atoms. The van der Waals surface area contributed by atoms with E-state index in [1.54, 1.807) is 12.1 Å². The molecule has 0 spiro atoms. The van der Waals surface area contributed by atoms with Gasteiger partial charge in [-0.3, -0.25) is 0 Å². The van der Waals surface area contributed by atoms with Crippen molar-refractivity contribution in [2.24, 2.45) is 0 Å². The number of rotatable bonds is 3. The minimum atomic E-state index is -3.61. The van der Waals surface area contributed by atoms with Gasteiger partial charge in [0.1, 0.15) is 5.82 Å². The van der Waals surface area contributed by atoms with E-state index in [0.29, 0.717) is 31.9 Å². The number of pyridine rings is 1. The van der Waals surface area contributed by atoms with E-state index in [1.165, 1.54) is 34.8 Å². The summed E-state index contributed by atoms with van der Waals surface area (Å²) in [5.41, 5.74) is 6.84. The van der Waals surface area contributed by atoms with Gasteiger partial charge in [0.2, 0.25) is 0 Å². The van der Waals surface area contributed by atoms with Gasteiger partial charge in [0.05, 0.1) is 11.9 Å². The minimum absolute atomic E-state index is 0.00179. The number of hydrogen-bond acceptors (Lipinski definition) is 5. The van der Waals surface area contributed by atoms with E-state index in [9.17, 15) is 12.8 Å². The molecule has 1 fully saturated rings. The predicted octanol–water partition coefficient (Wildman–Crippen LogP) is 1.31. The summed E-state index contributed by atoms with van der Waals surface area (Å²) in [6.07, 6.45) is 1.33. The maximum Gasteiger partial charge on any atom is 0.260 e. The summed E-state index contributed by atoms with van der Waals surface area (Å²) in [4.78, 5) is 5.93. The van der Waals surface area contributed by atoms with E-state index in [2.05, 4.69) is 4.98 Å². The fourth-order valence-electron chi connectivity index (χ4n) is 2.52. The van der Waals surface area contributed by atoms with Gasteiger partial charge in [-0.15, -0.1) is 0 Å². The van der Waals surface area contributed by atoms with Crippen LogP contribution in [-0.2, 0) is 10.0 Å². The monoisotopic (exact) mass is 336 g/mol. The van der Waals surface area contributed by atoms with E-state index in [1.807, 2.05) is 4.90 Å². The second-order valence-electron chi connectivity index (χ2n) is 5.30. The van der Waals surface area contributed by atoms with Gasteiger partial charge < -0.3 is 10.6 Å². The molecule has 1 aromatic carbocycles. The Balaban J connectivity index is 1.70. The molecule has 0 amide bonds. The lowest BCUT2D eigenvalue weighted by Crippen LogP contribution is -2.48. The highest BCUT2D eigenvalue weighted by Gasteiger charge is 2.29. The lowest BCUT2D eigenvalue weighted by molar-refractivity contribution is 0.383. The Morgan fingerprint density at radius 2 is 1.65 bits per heavy atom. The molecule has 0 unspecified atom stereocenters. The van der Waals surface area contributed by atoms with Crippen molar-refractivity contribution >= 4 is 21.4 Å². The highest BCUT2D eigenvalue weighted by Crippen LogP contribution is 2.20. The number of hydrogen-bond donors (Lipinski definition) is 1. The first-order valence-electron chi connectivity index (χ1n) is 7.19. The van der Waals surface area contributed by atoms with Crippen molar-refractivity contribution in [2.75, 3.05) is 36.8 Å². The molecule has 0 saturated carbocycles. The van der Waals surface area contributed by atoms with Gasteiger partial charge >= 0.3 is 0 Å². The molecule has 8 heteroatoms. The molecular formula is C15H17FN4O2S. The summed E-state index contributed by atoms with van der Waals surface area (Å²) in [7, 11) is -3.61. The van der Waals surface area contributed by atoms with Gasteiger partial charge in [0, 0.05) is 31.9 Å². The summed E-state index contributed by atoms with van der Waals surface area (Å²) >= 11 is 0. The fourth-order valence-corrected chi connectivity index (χ4v) is 3.85. The summed E-state index contributed by atoms with van der Waals surface area (Å²) < 4.78 is 39.5.